The molecule has 0 saturated carbocycles. The van der Waals surface area contributed by atoms with Crippen LogP contribution < -0.4 is 0 Å². The number of amides is 1. The maximum atomic E-state index is 12.1. The van der Waals surface area contributed by atoms with Gasteiger partial charge in [-0.05, 0) is 37.8 Å². The molecule has 1 unspecified atom stereocenters. The number of fused-ring (bicyclic) bond motifs is 3. The number of carbonyl (C=O) groups is 1. The molecule has 3 saturated heterocycles. The smallest absolute Gasteiger partial charge is 0.233 e. The fourth-order valence-electron chi connectivity index (χ4n) is 2.83. The lowest BCUT2D eigenvalue weighted by Crippen LogP contribution is -2.50. The summed E-state index contributed by atoms with van der Waals surface area (Å²) in [5.41, 5.74) is 0. The number of carbonyl (C=O) groups excluding carboxylic acids is 1. The van der Waals surface area contributed by atoms with E-state index in [-0.39, 0.29) is 11.8 Å². The van der Waals surface area contributed by atoms with Crippen LogP contribution in [0.25, 0.3) is 0 Å². The molecule has 80 valence electrons. The lowest BCUT2D eigenvalue weighted by Gasteiger charge is -2.43. The third-order valence-electron chi connectivity index (χ3n) is 3.66. The van der Waals surface area contributed by atoms with Crippen molar-refractivity contribution in [2.24, 2.45) is 5.92 Å². The number of aryl methyl sites for hydroxylation is 1. The van der Waals surface area contributed by atoms with Gasteiger partial charge in [0.1, 0.15) is 11.5 Å². The molecule has 15 heavy (non-hydrogen) atoms. The van der Waals surface area contributed by atoms with Crippen molar-refractivity contribution in [3.8, 4) is 0 Å². The predicted molar refractivity (Wildman–Crippen MR) is 55.5 cm³/mol. The first-order valence-corrected chi connectivity index (χ1v) is 5.61. The van der Waals surface area contributed by atoms with E-state index < -0.39 is 0 Å². The first-order chi connectivity index (χ1) is 7.25. The fourth-order valence-corrected chi connectivity index (χ4v) is 2.83. The zero-order chi connectivity index (χ0) is 10.4. The molecule has 0 radical (unpaired) electrons. The summed E-state index contributed by atoms with van der Waals surface area (Å²) in [5, 5.41) is 0. The van der Waals surface area contributed by atoms with E-state index in [1.54, 1.807) is 0 Å². The minimum atomic E-state index is 0.00111. The monoisotopic (exact) mass is 205 g/mol. The number of furan rings is 1. The summed E-state index contributed by atoms with van der Waals surface area (Å²) >= 11 is 0. The largest absolute Gasteiger partial charge is 0.466 e. The van der Waals surface area contributed by atoms with E-state index in [0.29, 0.717) is 5.92 Å². The van der Waals surface area contributed by atoms with Gasteiger partial charge in [0.15, 0.2) is 0 Å². The number of hydrogen-bond acceptors (Lipinski definition) is 2. The Morgan fingerprint density at radius 2 is 2.07 bits per heavy atom. The van der Waals surface area contributed by atoms with Crippen LogP contribution >= 0.6 is 0 Å². The highest BCUT2D eigenvalue weighted by molar-refractivity contribution is 5.85. The summed E-state index contributed by atoms with van der Waals surface area (Å²) in [6.45, 7) is 3.81. The zero-order valence-corrected chi connectivity index (χ0v) is 8.90. The molecule has 3 aliphatic rings. The van der Waals surface area contributed by atoms with Crippen molar-refractivity contribution < 1.29 is 9.21 Å². The van der Waals surface area contributed by atoms with Crippen molar-refractivity contribution in [1.29, 1.82) is 0 Å². The van der Waals surface area contributed by atoms with Crippen molar-refractivity contribution in [2.45, 2.75) is 25.7 Å². The summed E-state index contributed by atoms with van der Waals surface area (Å²) < 4.78 is 5.60. The van der Waals surface area contributed by atoms with Gasteiger partial charge in [0, 0.05) is 13.1 Å². The second-order valence-electron chi connectivity index (χ2n) is 4.59. The van der Waals surface area contributed by atoms with Crippen molar-refractivity contribution >= 4 is 5.91 Å². The Kier molecular flexibility index (Phi) is 1.87. The van der Waals surface area contributed by atoms with E-state index in [0.717, 1.165) is 37.5 Å². The molecular weight excluding hydrogens is 190 g/mol. The zero-order valence-electron chi connectivity index (χ0n) is 8.90. The third-order valence-corrected chi connectivity index (χ3v) is 3.66. The van der Waals surface area contributed by atoms with Crippen molar-refractivity contribution in [3.63, 3.8) is 0 Å². The molecule has 1 aromatic rings. The van der Waals surface area contributed by atoms with Crippen LogP contribution in [0.2, 0.25) is 0 Å². The van der Waals surface area contributed by atoms with Crippen LogP contribution in [-0.4, -0.2) is 23.9 Å². The van der Waals surface area contributed by atoms with Gasteiger partial charge in [-0.2, -0.15) is 0 Å². The minimum absolute atomic E-state index is 0.00111. The van der Waals surface area contributed by atoms with Crippen LogP contribution in [0.1, 0.15) is 30.3 Å². The molecule has 1 amide bonds. The molecule has 3 nitrogen and oxygen atoms in total. The third kappa shape index (κ3) is 1.29. The quantitative estimate of drug-likeness (QED) is 0.701. The molecule has 3 fully saturated rings. The highest BCUT2D eigenvalue weighted by atomic mass is 16.3. The Labute approximate surface area is 89.1 Å². The minimum Gasteiger partial charge on any atom is -0.466 e. The Balaban J connectivity index is 1.95. The average Bonchev–Trinajstić information content (AvgIpc) is 2.66. The number of rotatable bonds is 1. The SMILES string of the molecule is Cc1ccc(C2C(=O)N3CCC2CC3)o1. The highest BCUT2D eigenvalue weighted by Crippen LogP contribution is 2.40. The summed E-state index contributed by atoms with van der Waals surface area (Å²) in [5.74, 6) is 2.54. The Morgan fingerprint density at radius 3 is 2.60 bits per heavy atom. The van der Waals surface area contributed by atoms with Crippen molar-refractivity contribution in [1.82, 2.24) is 4.90 Å². The van der Waals surface area contributed by atoms with Gasteiger partial charge in [0.25, 0.3) is 0 Å². The van der Waals surface area contributed by atoms with Gasteiger partial charge in [-0.1, -0.05) is 0 Å². The average molecular weight is 205 g/mol. The fraction of sp³-hybridized carbons (Fsp3) is 0.583. The van der Waals surface area contributed by atoms with Gasteiger partial charge in [-0.3, -0.25) is 4.79 Å². The Hall–Kier alpha value is -1.25. The molecule has 0 spiro atoms. The van der Waals surface area contributed by atoms with Gasteiger partial charge < -0.3 is 9.32 Å². The van der Waals surface area contributed by atoms with E-state index in [9.17, 15) is 4.79 Å². The standard InChI is InChI=1S/C12H15NO2/c1-8-2-3-10(15-8)11-9-4-6-13(7-5-9)12(11)14/h2-3,9,11H,4-7H2,1H3. The van der Waals surface area contributed by atoms with Crippen molar-refractivity contribution in [2.75, 3.05) is 13.1 Å². The van der Waals surface area contributed by atoms with Gasteiger partial charge >= 0.3 is 0 Å². The van der Waals surface area contributed by atoms with Crippen LogP contribution in [0.3, 0.4) is 0 Å². The molecule has 2 bridgehead atoms. The van der Waals surface area contributed by atoms with E-state index in [4.69, 9.17) is 4.42 Å². The van der Waals surface area contributed by atoms with E-state index in [2.05, 4.69) is 0 Å². The number of nitrogens with zero attached hydrogens (tertiary/aromatic N) is 1. The summed E-state index contributed by atoms with van der Waals surface area (Å²) in [4.78, 5) is 14.0. The molecule has 4 heterocycles. The van der Waals surface area contributed by atoms with Crippen LogP contribution in [0.5, 0.6) is 0 Å². The van der Waals surface area contributed by atoms with Gasteiger partial charge in [-0.15, -0.1) is 0 Å². The van der Waals surface area contributed by atoms with Crippen LogP contribution in [0, 0.1) is 12.8 Å². The molecule has 0 N–H and O–H groups in total. The molecule has 1 aromatic heterocycles. The normalized spacial score (nSPS) is 29.9. The van der Waals surface area contributed by atoms with Gasteiger partial charge in [-0.25, -0.2) is 0 Å². The Bertz CT molecular complexity index is 388. The lowest BCUT2D eigenvalue weighted by atomic mass is 9.77. The second-order valence-corrected chi connectivity index (χ2v) is 4.59. The first-order valence-electron chi connectivity index (χ1n) is 5.61. The molecule has 0 aromatic carbocycles. The maximum Gasteiger partial charge on any atom is 0.233 e. The lowest BCUT2D eigenvalue weighted by molar-refractivity contribution is -0.142. The molecular formula is C12H15NO2. The number of piperidine rings is 3. The summed E-state index contributed by atoms with van der Waals surface area (Å²) in [6, 6.07) is 3.90. The molecule has 3 heteroatoms. The predicted octanol–water partition coefficient (Wildman–Crippen LogP) is 1.92. The van der Waals surface area contributed by atoms with Crippen LogP contribution in [0.15, 0.2) is 16.5 Å². The Morgan fingerprint density at radius 1 is 1.33 bits per heavy atom. The highest BCUT2D eigenvalue weighted by Gasteiger charge is 2.43. The van der Waals surface area contributed by atoms with Gasteiger partial charge in [0.2, 0.25) is 5.91 Å². The van der Waals surface area contributed by atoms with E-state index in [1.807, 2.05) is 24.0 Å². The molecule has 4 rings (SSSR count). The molecule has 3 aliphatic heterocycles. The molecule has 1 atom stereocenters. The maximum absolute atomic E-state index is 12.1. The summed E-state index contributed by atoms with van der Waals surface area (Å²) in [7, 11) is 0. The van der Waals surface area contributed by atoms with Crippen LogP contribution in [-0.2, 0) is 4.79 Å². The topological polar surface area (TPSA) is 33.5 Å². The molecule has 0 aliphatic carbocycles. The van der Waals surface area contributed by atoms with E-state index >= 15 is 0 Å². The van der Waals surface area contributed by atoms with Crippen LogP contribution in [0.4, 0.5) is 0 Å². The van der Waals surface area contributed by atoms with Crippen molar-refractivity contribution in [3.05, 3.63) is 23.7 Å². The van der Waals surface area contributed by atoms with E-state index in [1.165, 1.54) is 0 Å². The number of hydrogen-bond donors (Lipinski definition) is 0. The second kappa shape index (κ2) is 3.12. The van der Waals surface area contributed by atoms with Gasteiger partial charge in [0.05, 0.1) is 5.92 Å². The first kappa shape index (κ1) is 9.01. The summed E-state index contributed by atoms with van der Waals surface area (Å²) in [6.07, 6.45) is 2.27.